The van der Waals surface area contributed by atoms with Crippen molar-refractivity contribution >= 4 is 21.6 Å². The van der Waals surface area contributed by atoms with E-state index in [1.165, 1.54) is 12.1 Å². The number of aromatic nitrogens is 1. The fourth-order valence-corrected chi connectivity index (χ4v) is 1.79. The molecule has 0 unspecified atom stereocenters. The first kappa shape index (κ1) is 12.8. The lowest BCUT2D eigenvalue weighted by Gasteiger charge is -2.09. The first-order valence-corrected chi connectivity index (χ1v) is 6.30. The number of nitrogens with zero attached hydrogens (tertiary/aromatic N) is 1. The molecule has 18 heavy (non-hydrogen) atoms. The highest BCUT2D eigenvalue weighted by atomic mass is 79.9. The Morgan fingerprint density at radius 3 is 2.94 bits per heavy atom. The minimum absolute atomic E-state index is 0.344. The van der Waals surface area contributed by atoms with Gasteiger partial charge in [0, 0.05) is 18.7 Å². The molecule has 0 aliphatic rings. The standard InChI is InChI=1S/C13H12BrFN2O/c1-2-17-10-6-11(8-16-7-10)18-13-5-9(15)3-4-12(13)14/h3-8,17H,2H2,1H3. The molecule has 1 aromatic carbocycles. The molecule has 94 valence electrons. The van der Waals surface area contributed by atoms with Crippen LogP contribution in [0, 0.1) is 5.82 Å². The molecule has 0 atom stereocenters. The molecule has 0 radical (unpaired) electrons. The third kappa shape index (κ3) is 3.20. The molecule has 1 aromatic heterocycles. The molecule has 0 aliphatic carbocycles. The van der Waals surface area contributed by atoms with Crippen LogP contribution in [0.3, 0.4) is 0 Å². The van der Waals surface area contributed by atoms with E-state index >= 15 is 0 Å². The molecule has 0 bridgehead atoms. The minimum Gasteiger partial charge on any atom is -0.454 e. The van der Waals surface area contributed by atoms with Gasteiger partial charge in [0.25, 0.3) is 0 Å². The molecule has 0 saturated heterocycles. The number of benzene rings is 1. The third-order valence-corrected chi connectivity index (χ3v) is 2.87. The minimum atomic E-state index is -0.344. The van der Waals surface area contributed by atoms with Crippen LogP contribution in [0.25, 0.3) is 0 Å². The molecular formula is C13H12BrFN2O. The van der Waals surface area contributed by atoms with Crippen molar-refractivity contribution in [3.63, 3.8) is 0 Å². The van der Waals surface area contributed by atoms with Crippen LogP contribution < -0.4 is 10.1 Å². The number of pyridine rings is 1. The highest BCUT2D eigenvalue weighted by molar-refractivity contribution is 9.10. The number of anilines is 1. The summed E-state index contributed by atoms with van der Waals surface area (Å²) in [5.74, 6) is 0.634. The first-order valence-electron chi connectivity index (χ1n) is 5.51. The molecule has 0 aliphatic heterocycles. The quantitative estimate of drug-likeness (QED) is 0.918. The lowest BCUT2D eigenvalue weighted by atomic mass is 10.3. The van der Waals surface area contributed by atoms with Gasteiger partial charge in [-0.15, -0.1) is 0 Å². The lowest BCUT2D eigenvalue weighted by molar-refractivity contribution is 0.471. The second kappa shape index (κ2) is 5.82. The van der Waals surface area contributed by atoms with Gasteiger partial charge < -0.3 is 10.1 Å². The van der Waals surface area contributed by atoms with Gasteiger partial charge in [-0.25, -0.2) is 4.39 Å². The van der Waals surface area contributed by atoms with E-state index in [0.29, 0.717) is 16.0 Å². The van der Waals surface area contributed by atoms with Crippen LogP contribution in [0.2, 0.25) is 0 Å². The fraction of sp³-hybridized carbons (Fsp3) is 0.154. The average molecular weight is 311 g/mol. The molecule has 5 heteroatoms. The Morgan fingerprint density at radius 2 is 2.17 bits per heavy atom. The summed E-state index contributed by atoms with van der Waals surface area (Å²) in [4.78, 5) is 4.05. The van der Waals surface area contributed by atoms with E-state index in [1.807, 2.05) is 13.0 Å². The van der Waals surface area contributed by atoms with Gasteiger partial charge in [0.2, 0.25) is 0 Å². The Hall–Kier alpha value is -1.62. The molecule has 1 N–H and O–H groups in total. The smallest absolute Gasteiger partial charge is 0.147 e. The maximum absolute atomic E-state index is 13.1. The highest BCUT2D eigenvalue weighted by Crippen LogP contribution is 2.30. The van der Waals surface area contributed by atoms with Crippen molar-refractivity contribution in [2.45, 2.75) is 6.92 Å². The summed E-state index contributed by atoms with van der Waals surface area (Å²) in [7, 11) is 0. The van der Waals surface area contributed by atoms with Gasteiger partial charge in [-0.05, 0) is 35.0 Å². The normalized spacial score (nSPS) is 10.2. The van der Waals surface area contributed by atoms with Crippen LogP contribution in [0.1, 0.15) is 6.92 Å². The Balaban J connectivity index is 2.22. The van der Waals surface area contributed by atoms with Crippen LogP contribution in [0.15, 0.2) is 41.1 Å². The SMILES string of the molecule is CCNc1cncc(Oc2cc(F)ccc2Br)c1. The van der Waals surface area contributed by atoms with E-state index in [2.05, 4.69) is 26.2 Å². The number of nitrogens with one attached hydrogen (secondary N) is 1. The number of hydrogen-bond donors (Lipinski definition) is 1. The molecule has 0 spiro atoms. The van der Waals surface area contributed by atoms with Gasteiger partial charge in [0.1, 0.15) is 17.3 Å². The summed E-state index contributed by atoms with van der Waals surface area (Å²) in [6.07, 6.45) is 3.29. The van der Waals surface area contributed by atoms with Crippen LogP contribution in [0.4, 0.5) is 10.1 Å². The topological polar surface area (TPSA) is 34.2 Å². The molecule has 3 nitrogen and oxygen atoms in total. The summed E-state index contributed by atoms with van der Waals surface area (Å²) in [6, 6.07) is 6.11. The van der Waals surface area contributed by atoms with E-state index in [0.717, 1.165) is 12.2 Å². The number of hydrogen-bond acceptors (Lipinski definition) is 3. The molecular weight excluding hydrogens is 299 g/mol. The van der Waals surface area contributed by atoms with Crippen molar-refractivity contribution < 1.29 is 9.13 Å². The highest BCUT2D eigenvalue weighted by Gasteiger charge is 2.05. The number of rotatable bonds is 4. The van der Waals surface area contributed by atoms with Crippen LogP contribution in [-0.4, -0.2) is 11.5 Å². The van der Waals surface area contributed by atoms with Gasteiger partial charge in [0.05, 0.1) is 22.6 Å². The van der Waals surface area contributed by atoms with Crippen LogP contribution in [0.5, 0.6) is 11.5 Å². The number of ether oxygens (including phenoxy) is 1. The maximum atomic E-state index is 13.1. The van der Waals surface area contributed by atoms with Gasteiger partial charge in [-0.3, -0.25) is 4.98 Å². The van der Waals surface area contributed by atoms with E-state index < -0.39 is 0 Å². The van der Waals surface area contributed by atoms with Crippen LogP contribution in [-0.2, 0) is 0 Å². The largest absolute Gasteiger partial charge is 0.454 e. The summed E-state index contributed by atoms with van der Waals surface area (Å²) >= 11 is 3.31. The molecule has 0 saturated carbocycles. The Kier molecular flexibility index (Phi) is 4.15. The second-order valence-corrected chi connectivity index (χ2v) is 4.47. The van der Waals surface area contributed by atoms with Crippen LogP contribution >= 0.6 is 15.9 Å². The maximum Gasteiger partial charge on any atom is 0.147 e. The van der Waals surface area contributed by atoms with Crippen molar-refractivity contribution in [3.05, 3.63) is 46.9 Å². The van der Waals surface area contributed by atoms with Crippen molar-refractivity contribution in [2.75, 3.05) is 11.9 Å². The molecule has 0 fully saturated rings. The monoisotopic (exact) mass is 310 g/mol. The number of halogens is 2. The molecule has 2 rings (SSSR count). The zero-order valence-corrected chi connectivity index (χ0v) is 11.4. The zero-order valence-electron chi connectivity index (χ0n) is 9.78. The molecule has 1 heterocycles. The van der Waals surface area contributed by atoms with Crippen molar-refractivity contribution in [2.24, 2.45) is 0 Å². The lowest BCUT2D eigenvalue weighted by Crippen LogP contribution is -1.97. The van der Waals surface area contributed by atoms with Crippen molar-refractivity contribution in [1.82, 2.24) is 4.98 Å². The van der Waals surface area contributed by atoms with Gasteiger partial charge in [-0.1, -0.05) is 0 Å². The Morgan fingerprint density at radius 1 is 1.33 bits per heavy atom. The Bertz CT molecular complexity index is 548. The van der Waals surface area contributed by atoms with Gasteiger partial charge in [0.15, 0.2) is 0 Å². The van der Waals surface area contributed by atoms with E-state index in [1.54, 1.807) is 18.5 Å². The second-order valence-electron chi connectivity index (χ2n) is 3.62. The summed E-state index contributed by atoms with van der Waals surface area (Å²) in [6.45, 7) is 2.80. The Labute approximate surface area is 113 Å². The van der Waals surface area contributed by atoms with E-state index in [9.17, 15) is 4.39 Å². The van der Waals surface area contributed by atoms with Gasteiger partial charge in [-0.2, -0.15) is 0 Å². The van der Waals surface area contributed by atoms with Gasteiger partial charge >= 0.3 is 0 Å². The fourth-order valence-electron chi connectivity index (χ4n) is 1.46. The van der Waals surface area contributed by atoms with E-state index in [-0.39, 0.29) is 5.82 Å². The summed E-state index contributed by atoms with van der Waals surface area (Å²) < 4.78 is 19.4. The predicted molar refractivity (Wildman–Crippen MR) is 72.6 cm³/mol. The third-order valence-electron chi connectivity index (χ3n) is 2.22. The van der Waals surface area contributed by atoms with E-state index in [4.69, 9.17) is 4.74 Å². The summed E-state index contributed by atoms with van der Waals surface area (Å²) in [5.41, 5.74) is 0.863. The zero-order chi connectivity index (χ0) is 13.0. The van der Waals surface area contributed by atoms with Crippen molar-refractivity contribution in [1.29, 1.82) is 0 Å². The predicted octanol–water partition coefficient (Wildman–Crippen LogP) is 4.21. The molecule has 0 amide bonds. The molecule has 2 aromatic rings. The van der Waals surface area contributed by atoms with Crippen molar-refractivity contribution in [3.8, 4) is 11.5 Å². The summed E-state index contributed by atoms with van der Waals surface area (Å²) in [5, 5.41) is 3.13. The first-order chi connectivity index (χ1) is 8.69. The average Bonchev–Trinajstić information content (AvgIpc) is 2.35.